The van der Waals surface area contributed by atoms with Gasteiger partial charge in [0.1, 0.15) is 30.3 Å². The van der Waals surface area contributed by atoms with Gasteiger partial charge in [-0.3, -0.25) is 9.32 Å². The third kappa shape index (κ3) is 16.3. The first kappa shape index (κ1) is 60.9. The number of nitriles is 1. The van der Waals surface area contributed by atoms with Crippen LogP contribution in [0.5, 0.6) is 0 Å². The summed E-state index contributed by atoms with van der Waals surface area (Å²) < 4.78 is 48.2. The van der Waals surface area contributed by atoms with Gasteiger partial charge in [0.15, 0.2) is 17.8 Å². The largest absolute Gasteiger partial charge is 0.469 e. The van der Waals surface area contributed by atoms with Gasteiger partial charge in [-0.15, -0.1) is 0 Å². The first-order valence-corrected chi connectivity index (χ1v) is 25.4. The zero-order valence-corrected chi connectivity index (χ0v) is 44.0. The lowest BCUT2D eigenvalue weighted by Gasteiger charge is -2.50. The number of nitrogens with one attached hydrogen (secondary N) is 1. The standard InChI is InChI=1S/C50H81N4O15P/c1-29(20-22-51)16-14-17-30(2)32(4)24-33(5)42(57)35(7)38(55)25-41(65-13)45-46(69-70(61,62)63)49(8,9)50(68-45)26-39(56)34(6)40(67-50)19-15-18-36-27-66-48(53-36)31(3)21-23-52-47(60)44(59)43(58)37(28-64-12)54(10)11/h14-18,20,24,27,31,33-35,37-46,55-59H,19,21,23,25-26,28H2,1-13H3,(H,52,60)(H2,61,62,63)/t31-,33+,34-,35-,37-,38-,39+,40-,41-,42+,43-,44-,45?,46-,50?/m1/s1. The average Bonchev–Trinajstić information content (AvgIpc) is 3.84. The lowest BCUT2D eigenvalue weighted by Crippen LogP contribution is -2.58. The summed E-state index contributed by atoms with van der Waals surface area (Å²) in [5.74, 6) is -3.63. The van der Waals surface area contributed by atoms with E-state index in [1.807, 2.05) is 78.0 Å². The number of phosphoric acid groups is 1. The van der Waals surface area contributed by atoms with E-state index in [0.29, 0.717) is 18.0 Å². The summed E-state index contributed by atoms with van der Waals surface area (Å²) in [4.78, 5) is 39.2. The van der Waals surface area contributed by atoms with Crippen LogP contribution in [0.2, 0.25) is 0 Å². The van der Waals surface area contributed by atoms with Crippen LogP contribution in [0.15, 0.2) is 63.9 Å². The molecule has 3 heterocycles. The maximum Gasteiger partial charge on any atom is 0.469 e. The van der Waals surface area contributed by atoms with Gasteiger partial charge in [0, 0.05) is 68.8 Å². The van der Waals surface area contributed by atoms with Gasteiger partial charge in [0.05, 0.1) is 49.2 Å². The highest BCUT2D eigenvalue weighted by molar-refractivity contribution is 7.46. The quantitative estimate of drug-likeness (QED) is 0.0355. The predicted molar refractivity (Wildman–Crippen MR) is 262 cm³/mol. The Labute approximate surface area is 414 Å². The summed E-state index contributed by atoms with van der Waals surface area (Å²) in [7, 11) is 1.12. The van der Waals surface area contributed by atoms with Crippen molar-refractivity contribution in [3.63, 3.8) is 0 Å². The molecule has 0 saturated carbocycles. The number of hydrogen-bond acceptors (Lipinski definition) is 16. The topological polar surface area (TPSA) is 287 Å². The molecule has 2 saturated heterocycles. The van der Waals surface area contributed by atoms with Gasteiger partial charge in [0.25, 0.3) is 5.91 Å². The van der Waals surface area contributed by atoms with Crippen molar-refractivity contribution in [1.29, 1.82) is 5.26 Å². The number of carbonyl (C=O) groups excluding carboxylic acids is 1. The van der Waals surface area contributed by atoms with E-state index in [1.54, 1.807) is 45.8 Å². The van der Waals surface area contributed by atoms with E-state index < -0.39 is 97.7 Å². The summed E-state index contributed by atoms with van der Waals surface area (Å²) in [6.07, 6.45) is 4.10. The molecule has 0 aliphatic carbocycles. The maximum atomic E-state index is 12.6. The molecule has 15 atom stereocenters. The second kappa shape index (κ2) is 27.0. The van der Waals surface area contributed by atoms with Crippen LogP contribution in [-0.2, 0) is 32.8 Å². The van der Waals surface area contributed by atoms with Crippen molar-refractivity contribution in [3.8, 4) is 6.07 Å². The number of aromatic nitrogens is 1. The summed E-state index contributed by atoms with van der Waals surface area (Å²) >= 11 is 0. The molecule has 0 aromatic carbocycles. The fraction of sp³-hybridized carbons (Fsp3) is 0.700. The number of rotatable bonds is 26. The normalized spacial score (nSPS) is 27.6. The van der Waals surface area contributed by atoms with Crippen LogP contribution in [0.1, 0.15) is 105 Å². The number of aliphatic hydroxyl groups excluding tert-OH is 5. The zero-order chi connectivity index (χ0) is 52.9. The number of methoxy groups -OCH3 is 2. The van der Waals surface area contributed by atoms with Crippen LogP contribution in [0.25, 0.3) is 6.08 Å². The monoisotopic (exact) mass is 1010 g/mol. The van der Waals surface area contributed by atoms with Crippen molar-refractivity contribution in [2.45, 2.75) is 161 Å². The molecule has 2 aliphatic heterocycles. The molecule has 20 heteroatoms. The van der Waals surface area contributed by atoms with Crippen LogP contribution in [0.4, 0.5) is 0 Å². The number of oxazole rings is 1. The van der Waals surface area contributed by atoms with Crippen molar-refractivity contribution in [2.75, 3.05) is 41.5 Å². The first-order valence-electron chi connectivity index (χ1n) is 23.8. The number of amides is 1. The van der Waals surface area contributed by atoms with Crippen molar-refractivity contribution in [2.24, 2.45) is 23.2 Å². The van der Waals surface area contributed by atoms with E-state index in [2.05, 4.69) is 10.3 Å². The van der Waals surface area contributed by atoms with Crippen molar-refractivity contribution in [3.05, 3.63) is 71.0 Å². The molecule has 19 nitrogen and oxygen atoms in total. The third-order valence-corrected chi connectivity index (χ3v) is 14.5. The molecular formula is C50H81N4O15P. The average molecular weight is 1010 g/mol. The summed E-state index contributed by atoms with van der Waals surface area (Å²) in [6.45, 7) is 16.6. The highest BCUT2D eigenvalue weighted by atomic mass is 31.2. The Morgan fingerprint density at radius 2 is 1.76 bits per heavy atom. The van der Waals surface area contributed by atoms with Gasteiger partial charge < -0.3 is 68.9 Å². The fourth-order valence-corrected chi connectivity index (χ4v) is 9.64. The van der Waals surface area contributed by atoms with Gasteiger partial charge in [-0.05, 0) is 64.9 Å². The molecule has 2 fully saturated rings. The van der Waals surface area contributed by atoms with E-state index in [0.717, 1.165) is 16.7 Å². The molecule has 1 spiro atoms. The van der Waals surface area contributed by atoms with E-state index in [1.165, 1.54) is 26.6 Å². The smallest absolute Gasteiger partial charge is 0.448 e. The molecule has 3 rings (SSSR count). The number of allylic oxidation sites excluding steroid dienone is 7. The number of ether oxygens (including phenoxy) is 4. The zero-order valence-electron chi connectivity index (χ0n) is 43.1. The first-order chi connectivity index (χ1) is 32.6. The lowest BCUT2D eigenvalue weighted by molar-refractivity contribution is -0.334. The van der Waals surface area contributed by atoms with Gasteiger partial charge in [-0.1, -0.05) is 77.5 Å². The third-order valence-electron chi connectivity index (χ3n) is 14.0. The molecule has 1 aromatic rings. The molecule has 0 bridgehead atoms. The number of hydrogen-bond donors (Lipinski definition) is 8. The van der Waals surface area contributed by atoms with E-state index in [9.17, 15) is 44.7 Å². The van der Waals surface area contributed by atoms with Crippen LogP contribution in [0, 0.1) is 34.5 Å². The predicted octanol–water partition coefficient (Wildman–Crippen LogP) is 4.69. The molecule has 70 heavy (non-hydrogen) atoms. The van der Waals surface area contributed by atoms with Crippen LogP contribution in [-0.4, -0.2) is 159 Å². The fourth-order valence-electron chi connectivity index (χ4n) is 8.96. The molecule has 1 aromatic heterocycles. The van der Waals surface area contributed by atoms with Gasteiger partial charge in [-0.2, -0.15) is 5.26 Å². The number of phosphoric ester groups is 1. The van der Waals surface area contributed by atoms with Crippen LogP contribution < -0.4 is 5.32 Å². The second-order valence-corrected chi connectivity index (χ2v) is 21.1. The molecule has 1 amide bonds. The summed E-state index contributed by atoms with van der Waals surface area (Å²) in [5, 5.41) is 67.1. The molecule has 0 radical (unpaired) electrons. The van der Waals surface area contributed by atoms with Gasteiger partial charge in [-0.25, -0.2) is 9.55 Å². The Morgan fingerprint density at radius 1 is 1.09 bits per heavy atom. The highest BCUT2D eigenvalue weighted by Crippen LogP contribution is 2.59. The number of nitrogens with zero attached hydrogens (tertiary/aromatic N) is 3. The van der Waals surface area contributed by atoms with Crippen LogP contribution >= 0.6 is 7.82 Å². The maximum absolute atomic E-state index is 12.6. The Hall–Kier alpha value is -3.42. The van der Waals surface area contributed by atoms with Gasteiger partial charge in [0.2, 0.25) is 0 Å². The SMILES string of the molecule is COC[C@H]([C@@H](O)[C@@H](O)C(=O)NCC[C@@H](C)c1nc(C=CC[C@H]2OC3(C[C@H](O)[C@H]2C)OC([C@@H](C[C@@H](O)[C@@H](C)[C@@H](O)[C@@H](C)C=C(C)C(C)=CC=CC(C)=CC#N)OC)[C@@H](OP(=O)(O)O)C3(C)C)co1)N(C)C. The van der Waals surface area contributed by atoms with Crippen molar-refractivity contribution in [1.82, 2.24) is 15.2 Å². The number of likely N-dealkylation sites (N-methyl/N-ethyl adjacent to an activating group) is 1. The van der Waals surface area contributed by atoms with Crippen molar-refractivity contribution < 1.29 is 72.6 Å². The molecule has 8 N–H and O–H groups in total. The number of aliphatic hydroxyl groups is 5. The Kier molecular flexibility index (Phi) is 23.5. The van der Waals surface area contributed by atoms with E-state index in [4.69, 9.17) is 33.2 Å². The van der Waals surface area contributed by atoms with Crippen LogP contribution in [0.3, 0.4) is 0 Å². The molecule has 2 aliphatic rings. The van der Waals surface area contributed by atoms with Gasteiger partial charge >= 0.3 is 7.82 Å². The Morgan fingerprint density at radius 3 is 2.36 bits per heavy atom. The number of carbonyl (C=O) groups is 1. The van der Waals surface area contributed by atoms with Crippen molar-refractivity contribution >= 4 is 19.8 Å². The molecular weight excluding hydrogens is 928 g/mol. The van der Waals surface area contributed by atoms with E-state index >= 15 is 0 Å². The van der Waals surface area contributed by atoms with E-state index in [-0.39, 0.29) is 44.2 Å². The minimum atomic E-state index is -5.15. The summed E-state index contributed by atoms with van der Waals surface area (Å²) in [6, 6.07) is 1.40. The Balaban J connectivity index is 1.74. The minimum absolute atomic E-state index is 0.0645. The molecule has 396 valence electrons. The summed E-state index contributed by atoms with van der Waals surface area (Å²) in [5.41, 5.74) is 1.87. The minimum Gasteiger partial charge on any atom is -0.448 e. The second-order valence-electron chi connectivity index (χ2n) is 19.9. The lowest BCUT2D eigenvalue weighted by atomic mass is 9.72. The molecule has 2 unspecified atom stereocenters. The highest BCUT2D eigenvalue weighted by Gasteiger charge is 2.68. The Bertz CT molecular complexity index is 2080.